The largest absolute Gasteiger partial charge is 0.478 e. The van der Waals surface area contributed by atoms with Crippen molar-refractivity contribution in [3.05, 3.63) is 112 Å². The maximum Gasteiger partial charge on any atom is 0.335 e. The Labute approximate surface area is 238 Å². The number of amides is 1. The van der Waals surface area contributed by atoms with Crippen LogP contribution >= 0.6 is 0 Å². The molecule has 0 unspecified atom stereocenters. The molecule has 1 amide bonds. The van der Waals surface area contributed by atoms with E-state index >= 15 is 4.39 Å². The summed E-state index contributed by atoms with van der Waals surface area (Å²) in [5.74, 6) is -1.42. The molecule has 3 heterocycles. The summed E-state index contributed by atoms with van der Waals surface area (Å²) >= 11 is 0. The van der Waals surface area contributed by atoms with Crippen LogP contribution in [0.1, 0.15) is 32.1 Å². The first-order chi connectivity index (χ1) is 20.2. The van der Waals surface area contributed by atoms with Gasteiger partial charge in [-0.15, -0.1) is 0 Å². The van der Waals surface area contributed by atoms with E-state index in [-0.39, 0.29) is 30.2 Å². The second-order valence-corrected chi connectivity index (χ2v) is 9.39. The van der Waals surface area contributed by atoms with Crippen LogP contribution in [-0.4, -0.2) is 49.8 Å². The number of imidazole rings is 1. The molecule has 3 aromatic heterocycles. The first-order valence-corrected chi connectivity index (χ1v) is 12.8. The highest BCUT2D eigenvalue weighted by Crippen LogP contribution is 2.25. The van der Waals surface area contributed by atoms with Crippen LogP contribution in [0, 0.1) is 5.82 Å². The van der Waals surface area contributed by atoms with Crippen molar-refractivity contribution in [1.82, 2.24) is 19.1 Å². The summed E-state index contributed by atoms with van der Waals surface area (Å²) in [6.07, 6.45) is 1.57. The number of rotatable bonds is 11. The molecule has 11 nitrogen and oxygen atoms in total. The van der Waals surface area contributed by atoms with E-state index in [1.807, 2.05) is 4.57 Å². The van der Waals surface area contributed by atoms with Crippen molar-refractivity contribution in [1.29, 1.82) is 0 Å². The van der Waals surface area contributed by atoms with Crippen LogP contribution in [0.5, 0.6) is 5.88 Å². The zero-order valence-electron chi connectivity index (χ0n) is 22.5. The number of nitrogens with two attached hydrogens (primary N) is 1. The fourth-order valence-electron chi connectivity index (χ4n) is 4.45. The minimum absolute atomic E-state index is 0.0985. The highest BCUT2D eigenvalue weighted by Gasteiger charge is 2.16. The SMILES string of the molecule is COCCn1c(Cc2ccc(-c3cccc(OCn4ccc(C(N)=O)cc4=O)n3)cc2F)nc2ccc(C(=O)O)cc21. The summed E-state index contributed by atoms with van der Waals surface area (Å²) in [4.78, 5) is 44.0. The summed E-state index contributed by atoms with van der Waals surface area (Å²) in [7, 11) is 1.57. The van der Waals surface area contributed by atoms with Crippen molar-refractivity contribution >= 4 is 22.9 Å². The normalized spacial score (nSPS) is 11.1. The molecule has 214 valence electrons. The molecule has 42 heavy (non-hydrogen) atoms. The molecule has 0 atom stereocenters. The molecule has 5 aromatic rings. The average Bonchev–Trinajstić information content (AvgIpc) is 3.32. The van der Waals surface area contributed by atoms with E-state index in [4.69, 9.17) is 15.2 Å². The number of ether oxygens (including phenoxy) is 2. The van der Waals surface area contributed by atoms with Gasteiger partial charge in [0.15, 0.2) is 6.73 Å². The average molecular weight is 572 g/mol. The first-order valence-electron chi connectivity index (χ1n) is 12.8. The maximum absolute atomic E-state index is 15.4. The first kappa shape index (κ1) is 28.2. The number of hydrogen-bond donors (Lipinski definition) is 2. The van der Waals surface area contributed by atoms with Crippen LogP contribution in [0.2, 0.25) is 0 Å². The van der Waals surface area contributed by atoms with E-state index in [9.17, 15) is 19.5 Å². The predicted molar refractivity (Wildman–Crippen MR) is 151 cm³/mol. The molecule has 0 aliphatic carbocycles. The van der Waals surface area contributed by atoms with Gasteiger partial charge in [0.1, 0.15) is 11.6 Å². The number of carbonyl (C=O) groups is 2. The Bertz CT molecular complexity index is 1870. The summed E-state index contributed by atoms with van der Waals surface area (Å²) in [6.45, 7) is 0.636. The number of hydrogen-bond acceptors (Lipinski definition) is 7. The van der Waals surface area contributed by atoms with Gasteiger partial charge in [-0.3, -0.25) is 14.2 Å². The second kappa shape index (κ2) is 12.0. The number of pyridine rings is 2. The third-order valence-corrected chi connectivity index (χ3v) is 6.65. The van der Waals surface area contributed by atoms with Gasteiger partial charge >= 0.3 is 5.97 Å². The number of benzene rings is 2. The standard InChI is InChI=1S/C30H26FN5O6/c1-41-12-11-36-25-14-21(30(39)40)7-8-24(25)33-26(36)15-18-5-6-19(13-22(18)31)23-3-2-4-27(34-23)42-17-35-10-9-20(29(32)38)16-28(35)37/h2-10,13-14,16H,11-12,15,17H2,1H3,(H2,32,38)(H,39,40). The molecule has 3 N–H and O–H groups in total. The number of fused-ring (bicyclic) bond motifs is 1. The number of aromatic nitrogens is 4. The van der Waals surface area contributed by atoms with E-state index in [0.717, 1.165) is 6.07 Å². The highest BCUT2D eigenvalue weighted by molar-refractivity contribution is 5.93. The van der Waals surface area contributed by atoms with Crippen LogP contribution in [-0.2, 0) is 24.4 Å². The van der Waals surface area contributed by atoms with Gasteiger partial charge in [-0.1, -0.05) is 18.2 Å². The molecule has 0 radical (unpaired) electrons. The van der Waals surface area contributed by atoms with Crippen molar-refractivity contribution in [2.75, 3.05) is 13.7 Å². The summed E-state index contributed by atoms with van der Waals surface area (Å²) in [5, 5.41) is 9.40. The lowest BCUT2D eigenvalue weighted by Gasteiger charge is -2.11. The van der Waals surface area contributed by atoms with Gasteiger partial charge < -0.3 is 24.9 Å². The van der Waals surface area contributed by atoms with Gasteiger partial charge in [0.25, 0.3) is 5.56 Å². The Kier molecular flexibility index (Phi) is 8.07. The minimum atomic E-state index is -1.05. The van der Waals surface area contributed by atoms with Crippen molar-refractivity contribution in [2.24, 2.45) is 5.73 Å². The Hall–Kier alpha value is -5.36. The van der Waals surface area contributed by atoms with Gasteiger partial charge in [0.05, 0.1) is 28.9 Å². The Morgan fingerprint density at radius 1 is 1.02 bits per heavy atom. The number of nitrogens with zero attached hydrogens (tertiary/aromatic N) is 4. The molecule has 0 spiro atoms. The van der Waals surface area contributed by atoms with Gasteiger partial charge in [-0.05, 0) is 42.0 Å². The van der Waals surface area contributed by atoms with Crippen LogP contribution in [0.3, 0.4) is 0 Å². The van der Waals surface area contributed by atoms with E-state index in [1.165, 1.54) is 29.0 Å². The van der Waals surface area contributed by atoms with Crippen molar-refractivity contribution in [2.45, 2.75) is 19.7 Å². The van der Waals surface area contributed by atoms with E-state index < -0.39 is 23.3 Å². The number of carbonyl (C=O) groups excluding carboxylic acids is 1. The zero-order valence-corrected chi connectivity index (χ0v) is 22.5. The van der Waals surface area contributed by atoms with Crippen molar-refractivity contribution in [3.8, 4) is 17.1 Å². The summed E-state index contributed by atoms with van der Waals surface area (Å²) in [6, 6.07) is 17.0. The van der Waals surface area contributed by atoms with Gasteiger partial charge in [-0.25, -0.2) is 19.2 Å². The Morgan fingerprint density at radius 3 is 2.57 bits per heavy atom. The zero-order chi connectivity index (χ0) is 29.8. The third kappa shape index (κ3) is 6.03. The van der Waals surface area contributed by atoms with Crippen LogP contribution in [0.25, 0.3) is 22.3 Å². The van der Waals surface area contributed by atoms with Crippen molar-refractivity contribution < 1.29 is 28.6 Å². The Balaban J connectivity index is 1.36. The lowest BCUT2D eigenvalue weighted by molar-refractivity contribution is 0.0696. The van der Waals surface area contributed by atoms with Crippen LogP contribution < -0.4 is 16.0 Å². The molecule has 12 heteroatoms. The molecular weight excluding hydrogens is 545 g/mol. The molecule has 5 rings (SSSR count). The minimum Gasteiger partial charge on any atom is -0.478 e. The molecule has 2 aromatic carbocycles. The van der Waals surface area contributed by atoms with Gasteiger partial charge in [0.2, 0.25) is 11.8 Å². The molecule has 0 bridgehead atoms. The maximum atomic E-state index is 15.4. The smallest absolute Gasteiger partial charge is 0.335 e. The summed E-state index contributed by atoms with van der Waals surface area (Å²) in [5.41, 5.74) is 7.59. The Morgan fingerprint density at radius 2 is 1.86 bits per heavy atom. The fourth-order valence-corrected chi connectivity index (χ4v) is 4.45. The van der Waals surface area contributed by atoms with Crippen LogP contribution in [0.4, 0.5) is 4.39 Å². The number of aromatic carboxylic acids is 1. The van der Waals surface area contributed by atoms with E-state index in [2.05, 4.69) is 9.97 Å². The molecule has 0 aliphatic rings. The van der Waals surface area contributed by atoms with Crippen molar-refractivity contribution in [3.63, 3.8) is 0 Å². The topological polar surface area (TPSA) is 152 Å². The third-order valence-electron chi connectivity index (χ3n) is 6.65. The predicted octanol–water partition coefficient (Wildman–Crippen LogP) is 3.47. The highest BCUT2D eigenvalue weighted by atomic mass is 19.1. The lowest BCUT2D eigenvalue weighted by atomic mass is 10.1. The van der Waals surface area contributed by atoms with E-state index in [1.54, 1.807) is 49.6 Å². The molecule has 0 fully saturated rings. The number of methoxy groups -OCH3 is 1. The lowest BCUT2D eigenvalue weighted by Crippen LogP contribution is -2.24. The summed E-state index contributed by atoms with van der Waals surface area (Å²) < 4.78 is 29.3. The second-order valence-electron chi connectivity index (χ2n) is 9.39. The van der Waals surface area contributed by atoms with E-state index in [0.29, 0.717) is 46.8 Å². The number of halogens is 1. The fraction of sp³-hybridized carbons (Fsp3) is 0.167. The number of carboxylic acid groups (broad SMARTS) is 1. The van der Waals surface area contributed by atoms with Gasteiger partial charge in [-0.2, -0.15) is 0 Å². The molecule has 0 saturated heterocycles. The molecule has 0 aliphatic heterocycles. The number of carboxylic acids is 1. The quantitative estimate of drug-likeness (QED) is 0.245. The molecular formula is C30H26FN5O6. The number of primary amides is 1. The van der Waals surface area contributed by atoms with Gasteiger partial charge in [0, 0.05) is 49.5 Å². The monoisotopic (exact) mass is 571 g/mol. The van der Waals surface area contributed by atoms with Crippen LogP contribution in [0.15, 0.2) is 77.7 Å². The molecule has 0 saturated carbocycles.